The Morgan fingerprint density at radius 2 is 1.80 bits per heavy atom. The molecule has 40 heavy (non-hydrogen) atoms. The minimum atomic E-state index is -1.59. The zero-order valence-electron chi connectivity index (χ0n) is 23.0. The zero-order chi connectivity index (χ0) is 29.8. The molecule has 2 saturated heterocycles. The second-order valence-corrected chi connectivity index (χ2v) is 10.7. The monoisotopic (exact) mass is 561 g/mol. The Balaban J connectivity index is 1.98. The number of aryl methyl sites for hydroxylation is 1. The zero-order valence-corrected chi connectivity index (χ0v) is 23.0. The van der Waals surface area contributed by atoms with Gasteiger partial charge in [-0.25, -0.2) is 4.79 Å². The molecule has 0 bridgehead atoms. The Hall–Kier alpha value is -3.71. The summed E-state index contributed by atoms with van der Waals surface area (Å²) in [6.07, 6.45) is -3.84. The number of ether oxygens (including phenoxy) is 1. The van der Waals surface area contributed by atoms with Crippen molar-refractivity contribution in [3.63, 3.8) is 0 Å². The van der Waals surface area contributed by atoms with Crippen molar-refractivity contribution in [2.45, 2.75) is 88.8 Å². The first-order chi connectivity index (χ1) is 18.8. The van der Waals surface area contributed by atoms with Crippen molar-refractivity contribution in [3.8, 4) is 0 Å². The number of nitrogens with one attached hydrogen (secondary N) is 1. The predicted octanol–water partition coefficient (Wildman–Crippen LogP) is -0.915. The largest absolute Gasteiger partial charge is 0.433 e. The van der Waals surface area contributed by atoms with Crippen molar-refractivity contribution < 1.29 is 38.9 Å². The number of rotatable bonds is 10. The van der Waals surface area contributed by atoms with Crippen LogP contribution in [0.3, 0.4) is 0 Å². The van der Waals surface area contributed by atoms with E-state index in [9.17, 15) is 34.2 Å². The number of hydrogen-bond acceptors (Lipinski definition) is 8. The average Bonchev–Trinajstić information content (AvgIpc) is 3.52. The van der Waals surface area contributed by atoms with Crippen molar-refractivity contribution in [2.75, 3.05) is 13.1 Å². The van der Waals surface area contributed by atoms with Crippen LogP contribution in [0.5, 0.6) is 0 Å². The number of aliphatic hydroxyl groups excluding tert-OH is 2. The van der Waals surface area contributed by atoms with Crippen LogP contribution in [-0.4, -0.2) is 98.8 Å². The summed E-state index contributed by atoms with van der Waals surface area (Å²) in [5.74, 6) is -2.81. The number of carbonyl (C=O) groups excluding carboxylic acids is 5. The highest BCUT2D eigenvalue weighted by Crippen LogP contribution is 2.36. The Labute approximate surface area is 232 Å². The Kier molecular flexibility index (Phi) is 9.74. The predicted molar refractivity (Wildman–Crippen MR) is 142 cm³/mol. The van der Waals surface area contributed by atoms with E-state index in [1.807, 2.05) is 31.2 Å². The van der Waals surface area contributed by atoms with Crippen LogP contribution in [0.25, 0.3) is 0 Å². The summed E-state index contributed by atoms with van der Waals surface area (Å²) >= 11 is 0. The summed E-state index contributed by atoms with van der Waals surface area (Å²) in [6, 6.07) is 5.13. The molecular formula is C27H39N5O8. The van der Waals surface area contributed by atoms with Gasteiger partial charge in [0.25, 0.3) is 5.91 Å². The Morgan fingerprint density at radius 3 is 2.38 bits per heavy atom. The smallest absolute Gasteiger partial charge is 0.405 e. The van der Waals surface area contributed by atoms with Crippen molar-refractivity contribution >= 4 is 29.7 Å². The minimum absolute atomic E-state index is 0.124. The van der Waals surface area contributed by atoms with E-state index in [4.69, 9.17) is 16.2 Å². The molecule has 6 atom stereocenters. The van der Waals surface area contributed by atoms with Gasteiger partial charge >= 0.3 is 6.09 Å². The first-order valence-electron chi connectivity index (χ1n) is 13.4. The molecule has 0 saturated carbocycles. The second-order valence-electron chi connectivity index (χ2n) is 10.7. The highest BCUT2D eigenvalue weighted by atomic mass is 16.6. The molecule has 5 unspecified atom stereocenters. The maximum Gasteiger partial charge on any atom is 0.405 e. The lowest BCUT2D eigenvalue weighted by molar-refractivity contribution is -0.156. The van der Waals surface area contributed by atoms with Gasteiger partial charge in [0.05, 0.1) is 12.2 Å². The van der Waals surface area contributed by atoms with Gasteiger partial charge in [-0.1, -0.05) is 29.8 Å². The quantitative estimate of drug-likeness (QED) is 0.241. The van der Waals surface area contributed by atoms with E-state index in [2.05, 4.69) is 5.32 Å². The van der Waals surface area contributed by atoms with Gasteiger partial charge < -0.3 is 41.5 Å². The minimum Gasteiger partial charge on any atom is -0.433 e. The van der Waals surface area contributed by atoms with E-state index in [1.165, 1.54) is 23.6 Å². The molecule has 0 spiro atoms. The number of aliphatic hydroxyl groups is 2. The van der Waals surface area contributed by atoms with Crippen LogP contribution in [-0.2, 0) is 30.3 Å². The van der Waals surface area contributed by atoms with Crippen molar-refractivity contribution in [1.29, 1.82) is 0 Å². The molecule has 0 radical (unpaired) electrons. The molecule has 2 aliphatic heterocycles. The normalized spacial score (nSPS) is 23.7. The number of benzene rings is 1. The van der Waals surface area contributed by atoms with E-state index < -0.39 is 65.7 Å². The number of likely N-dealkylation sites (tertiary alicyclic amines) is 2. The van der Waals surface area contributed by atoms with Gasteiger partial charge in [0.2, 0.25) is 23.8 Å². The first-order valence-corrected chi connectivity index (χ1v) is 13.4. The highest BCUT2D eigenvalue weighted by Gasteiger charge is 2.53. The van der Waals surface area contributed by atoms with Crippen LogP contribution in [0.1, 0.15) is 50.7 Å². The van der Waals surface area contributed by atoms with E-state index in [0.717, 1.165) is 11.1 Å². The number of hydrogen-bond donors (Lipinski definition) is 5. The summed E-state index contributed by atoms with van der Waals surface area (Å²) < 4.78 is 4.84. The molecule has 1 aromatic carbocycles. The van der Waals surface area contributed by atoms with Gasteiger partial charge in [0, 0.05) is 19.5 Å². The molecule has 5 amide bonds. The third kappa shape index (κ3) is 6.53. The van der Waals surface area contributed by atoms with Crippen molar-refractivity contribution in [1.82, 2.24) is 15.1 Å². The SMILES string of the molecule is Cc1cccc(CC2(C(=O)NC(C(N)=O)C(C)O)CCCN2C(=O)[C@@H]2CCCN2C(=O)C(OC(N)=O)C(C)O)c1. The van der Waals surface area contributed by atoms with Crippen molar-refractivity contribution in [3.05, 3.63) is 35.4 Å². The van der Waals surface area contributed by atoms with Gasteiger partial charge in [-0.2, -0.15) is 0 Å². The van der Waals surface area contributed by atoms with Crippen LogP contribution in [0.2, 0.25) is 0 Å². The summed E-state index contributed by atoms with van der Waals surface area (Å²) in [7, 11) is 0. The molecule has 2 heterocycles. The van der Waals surface area contributed by atoms with Crippen molar-refractivity contribution in [2.24, 2.45) is 11.5 Å². The third-order valence-corrected chi connectivity index (χ3v) is 7.58. The Bertz CT molecular complexity index is 1140. The summed E-state index contributed by atoms with van der Waals surface area (Å²) in [5.41, 5.74) is 10.8. The van der Waals surface area contributed by atoms with Gasteiger partial charge in [-0.15, -0.1) is 0 Å². The number of primary amides is 2. The average molecular weight is 562 g/mol. The molecule has 0 aromatic heterocycles. The number of nitrogens with two attached hydrogens (primary N) is 2. The second kappa shape index (κ2) is 12.6. The molecule has 13 nitrogen and oxygen atoms in total. The van der Waals surface area contributed by atoms with Gasteiger partial charge in [0.15, 0.2) is 0 Å². The molecule has 0 aliphatic carbocycles. The van der Waals surface area contributed by atoms with Gasteiger partial charge in [0.1, 0.15) is 17.6 Å². The van der Waals surface area contributed by atoms with E-state index in [0.29, 0.717) is 19.3 Å². The fourth-order valence-corrected chi connectivity index (χ4v) is 5.68. The molecule has 1 aromatic rings. The highest BCUT2D eigenvalue weighted by molar-refractivity contribution is 5.98. The molecule has 7 N–H and O–H groups in total. The standard InChI is InChI=1S/C27H39N5O8/c1-15-7-4-8-18(13-15)14-27(25(38)30-20(16(2)33)22(28)35)10-6-12-32(27)23(36)19-9-5-11-31(19)24(37)21(17(3)34)40-26(29)39/h4,7-8,13,16-17,19-21,33-34H,5-6,9-12,14H2,1-3H3,(H2,28,35)(H2,29,39)(H,30,38)/t16?,17?,19-,20?,21?,27?/m0/s1. The molecule has 220 valence electrons. The number of carbonyl (C=O) groups is 5. The molecule has 3 rings (SSSR count). The maximum atomic E-state index is 14.1. The molecule has 2 fully saturated rings. The van der Waals surface area contributed by atoms with Crippen LogP contribution in [0.15, 0.2) is 24.3 Å². The number of amides is 5. The number of nitrogens with zero attached hydrogens (tertiary/aromatic N) is 2. The van der Waals surface area contributed by atoms with E-state index in [-0.39, 0.29) is 25.9 Å². The van der Waals surface area contributed by atoms with Crippen LogP contribution in [0.4, 0.5) is 4.79 Å². The summed E-state index contributed by atoms with van der Waals surface area (Å²) in [4.78, 5) is 67.4. The summed E-state index contributed by atoms with van der Waals surface area (Å²) in [5, 5.41) is 22.7. The van der Waals surface area contributed by atoms with Gasteiger partial charge in [-0.05, 0) is 52.0 Å². The Morgan fingerprint density at radius 1 is 1.10 bits per heavy atom. The van der Waals surface area contributed by atoms with Crippen LogP contribution < -0.4 is 16.8 Å². The fourth-order valence-electron chi connectivity index (χ4n) is 5.68. The molecule has 2 aliphatic rings. The molecular weight excluding hydrogens is 522 g/mol. The maximum absolute atomic E-state index is 14.1. The topological polar surface area (TPSA) is 206 Å². The lowest BCUT2D eigenvalue weighted by atomic mass is 9.85. The first kappa shape index (κ1) is 30.8. The van der Waals surface area contributed by atoms with E-state index >= 15 is 0 Å². The fraction of sp³-hybridized carbons (Fsp3) is 0.593. The lowest BCUT2D eigenvalue weighted by Gasteiger charge is -2.41. The molecule has 13 heteroatoms. The summed E-state index contributed by atoms with van der Waals surface area (Å²) in [6.45, 7) is 4.89. The van der Waals surface area contributed by atoms with Crippen LogP contribution >= 0.6 is 0 Å². The lowest BCUT2D eigenvalue weighted by Crippen LogP contribution is -2.65. The van der Waals surface area contributed by atoms with Crippen LogP contribution in [0, 0.1) is 6.92 Å². The third-order valence-electron chi connectivity index (χ3n) is 7.58. The van der Waals surface area contributed by atoms with Gasteiger partial charge in [-0.3, -0.25) is 19.2 Å². The van der Waals surface area contributed by atoms with E-state index in [1.54, 1.807) is 0 Å².